The van der Waals surface area contributed by atoms with Crippen molar-refractivity contribution in [3.63, 3.8) is 0 Å². The van der Waals surface area contributed by atoms with Gasteiger partial charge in [-0.2, -0.15) is 0 Å². The summed E-state index contributed by atoms with van der Waals surface area (Å²) in [6.07, 6.45) is 7.23. The van der Waals surface area contributed by atoms with Crippen LogP contribution in [0.2, 0.25) is 0 Å². The molecule has 3 saturated carbocycles. The average Bonchev–Trinajstić information content (AvgIpc) is 3.56. The van der Waals surface area contributed by atoms with Gasteiger partial charge in [-0.25, -0.2) is 4.98 Å². The lowest BCUT2D eigenvalue weighted by atomic mass is 9.56. The summed E-state index contributed by atoms with van der Waals surface area (Å²) in [5, 5.41) is 0. The minimum atomic E-state index is 0.00435. The molecule has 4 aromatic rings. The molecule has 4 aliphatic carbocycles. The van der Waals surface area contributed by atoms with Crippen molar-refractivity contribution in [3.05, 3.63) is 82.4 Å². The van der Waals surface area contributed by atoms with Gasteiger partial charge in [0.15, 0.2) is 0 Å². The topological polar surface area (TPSA) is 27.1 Å². The van der Waals surface area contributed by atoms with E-state index in [0.717, 1.165) is 35.2 Å². The van der Waals surface area contributed by atoms with Crippen LogP contribution in [0, 0.1) is 24.2 Å². The molecule has 1 aromatic heterocycles. The number of aromatic nitrogens is 2. The van der Waals surface area contributed by atoms with Crippen LogP contribution in [-0.4, -0.2) is 9.55 Å². The quantitative estimate of drug-likeness (QED) is 0.275. The third-order valence-corrected chi connectivity index (χ3v) is 11.2. The van der Waals surface area contributed by atoms with E-state index in [4.69, 9.17) is 9.72 Å². The van der Waals surface area contributed by atoms with Crippen LogP contribution in [0.3, 0.4) is 0 Å². The third kappa shape index (κ3) is 1.96. The minimum absolute atomic E-state index is 0.00435. The first-order chi connectivity index (χ1) is 17.2. The molecular weight excluding hydrogens is 428 g/mol. The molecule has 3 fully saturated rings. The molecule has 0 N–H and O–H groups in total. The lowest BCUT2D eigenvalue weighted by Gasteiger charge is -2.48. The zero-order valence-corrected chi connectivity index (χ0v) is 20.0. The molecule has 3 heterocycles. The van der Waals surface area contributed by atoms with Crippen LogP contribution >= 0.6 is 0 Å². The first kappa shape index (κ1) is 18.2. The summed E-state index contributed by atoms with van der Waals surface area (Å²) in [4.78, 5) is 5.37. The molecule has 2 aliphatic heterocycles. The molecule has 3 nitrogen and oxygen atoms in total. The van der Waals surface area contributed by atoms with Crippen molar-refractivity contribution in [1.29, 1.82) is 0 Å². The summed E-state index contributed by atoms with van der Waals surface area (Å²) in [7, 11) is 0. The van der Waals surface area contributed by atoms with Crippen molar-refractivity contribution in [2.75, 3.05) is 0 Å². The summed E-state index contributed by atoms with van der Waals surface area (Å²) in [5.41, 5.74) is 11.6. The van der Waals surface area contributed by atoms with Crippen LogP contribution in [0.15, 0.2) is 54.6 Å². The van der Waals surface area contributed by atoms with Gasteiger partial charge in [0.1, 0.15) is 23.7 Å². The Morgan fingerprint density at radius 2 is 1.66 bits per heavy atom. The number of imidazole rings is 1. The zero-order chi connectivity index (χ0) is 22.6. The zero-order valence-electron chi connectivity index (χ0n) is 20.0. The van der Waals surface area contributed by atoms with Gasteiger partial charge in [0.05, 0.1) is 11.0 Å². The second-order valence-corrected chi connectivity index (χ2v) is 12.5. The molecule has 7 atom stereocenters. The summed E-state index contributed by atoms with van der Waals surface area (Å²) in [5.74, 6) is 5.66. The van der Waals surface area contributed by atoms with Crippen molar-refractivity contribution in [2.24, 2.45) is 17.3 Å². The SMILES string of the molecule is Cc1ccc2c(c1)C1C(O2)c2ccccc2-c2nc3cc4c(cc3n21)C1CC2CC3CC4CC32C1. The van der Waals surface area contributed by atoms with E-state index in [-0.39, 0.29) is 12.1 Å². The Labute approximate surface area is 205 Å². The van der Waals surface area contributed by atoms with Gasteiger partial charge < -0.3 is 9.30 Å². The van der Waals surface area contributed by atoms with Crippen molar-refractivity contribution in [3.8, 4) is 17.1 Å². The second-order valence-electron chi connectivity index (χ2n) is 12.5. The summed E-state index contributed by atoms with van der Waals surface area (Å²) >= 11 is 0. The number of aryl methyl sites for hydroxylation is 1. The average molecular weight is 457 g/mol. The molecule has 0 radical (unpaired) electrons. The largest absolute Gasteiger partial charge is 0.483 e. The molecule has 0 amide bonds. The highest BCUT2D eigenvalue weighted by molar-refractivity contribution is 5.85. The smallest absolute Gasteiger partial charge is 0.149 e. The van der Waals surface area contributed by atoms with Crippen molar-refractivity contribution in [1.82, 2.24) is 9.55 Å². The van der Waals surface area contributed by atoms with Gasteiger partial charge in [0.2, 0.25) is 0 Å². The molecule has 3 bridgehead atoms. The monoisotopic (exact) mass is 456 g/mol. The lowest BCUT2D eigenvalue weighted by molar-refractivity contribution is 0.00322. The van der Waals surface area contributed by atoms with E-state index < -0.39 is 0 Å². The maximum Gasteiger partial charge on any atom is 0.149 e. The third-order valence-electron chi connectivity index (χ3n) is 11.2. The van der Waals surface area contributed by atoms with Gasteiger partial charge in [-0.15, -0.1) is 0 Å². The Bertz CT molecular complexity index is 1630. The van der Waals surface area contributed by atoms with Gasteiger partial charge in [-0.05, 0) is 97.4 Å². The van der Waals surface area contributed by atoms with Crippen LogP contribution in [0.5, 0.6) is 5.75 Å². The second kappa shape index (κ2) is 5.67. The first-order valence-corrected chi connectivity index (χ1v) is 13.6. The normalized spacial score (nSPS) is 35.9. The summed E-state index contributed by atoms with van der Waals surface area (Å²) in [6, 6.07) is 20.7. The van der Waals surface area contributed by atoms with Crippen LogP contribution in [0.4, 0.5) is 0 Å². The predicted molar refractivity (Wildman–Crippen MR) is 136 cm³/mol. The van der Waals surface area contributed by atoms with Gasteiger partial charge in [0.25, 0.3) is 0 Å². The number of hydrogen-bond donors (Lipinski definition) is 0. The molecule has 35 heavy (non-hydrogen) atoms. The summed E-state index contributed by atoms with van der Waals surface area (Å²) < 4.78 is 9.20. The maximum absolute atomic E-state index is 6.66. The number of benzene rings is 3. The molecule has 10 rings (SSSR count). The van der Waals surface area contributed by atoms with Gasteiger partial charge in [-0.3, -0.25) is 0 Å². The number of nitrogens with zero attached hydrogens (tertiary/aromatic N) is 2. The van der Waals surface area contributed by atoms with E-state index in [1.165, 1.54) is 65.4 Å². The molecule has 7 unspecified atom stereocenters. The molecule has 6 aliphatic rings. The van der Waals surface area contributed by atoms with E-state index in [1.807, 2.05) is 0 Å². The Morgan fingerprint density at radius 1 is 0.857 bits per heavy atom. The lowest BCUT2D eigenvalue weighted by Crippen LogP contribution is -2.41. The predicted octanol–water partition coefficient (Wildman–Crippen LogP) is 7.44. The standard InChI is InChI=1S/C32H28N2O/c1-16-6-7-28-25(8-16)29-30(35-28)21-4-2-3-5-22(21)31-33-26-12-23-17-9-19-11-20-10-18(15-32(19,20)14-17)24(23)13-27(26)34(29)31/h2-8,12-13,17-20,29-30H,9-11,14-15H2,1H3. The van der Waals surface area contributed by atoms with E-state index in [9.17, 15) is 0 Å². The van der Waals surface area contributed by atoms with Crippen LogP contribution in [-0.2, 0) is 0 Å². The van der Waals surface area contributed by atoms with Crippen molar-refractivity contribution >= 4 is 11.0 Å². The highest BCUT2D eigenvalue weighted by Gasteiger charge is 2.65. The number of ether oxygens (including phenoxy) is 1. The molecule has 1 spiro atoms. The number of fused-ring (bicyclic) bond motifs is 15. The molecule has 172 valence electrons. The maximum atomic E-state index is 6.66. The highest BCUT2D eigenvalue weighted by Crippen LogP contribution is 2.76. The summed E-state index contributed by atoms with van der Waals surface area (Å²) in [6.45, 7) is 2.19. The molecule has 3 aromatic carbocycles. The van der Waals surface area contributed by atoms with Crippen LogP contribution in [0.1, 0.15) is 83.9 Å². The van der Waals surface area contributed by atoms with Crippen molar-refractivity contribution < 1.29 is 4.74 Å². The van der Waals surface area contributed by atoms with Gasteiger partial charge in [0, 0.05) is 16.7 Å². The molecular formula is C32H28N2O. The Hall–Kier alpha value is -3.07. The number of hydrogen-bond acceptors (Lipinski definition) is 2. The Balaban J connectivity index is 1.27. The van der Waals surface area contributed by atoms with E-state index >= 15 is 0 Å². The molecule has 3 heteroatoms. The highest BCUT2D eigenvalue weighted by atomic mass is 16.5. The Morgan fingerprint density at radius 3 is 2.51 bits per heavy atom. The fourth-order valence-electron chi connectivity index (χ4n) is 9.82. The first-order valence-electron chi connectivity index (χ1n) is 13.6. The minimum Gasteiger partial charge on any atom is -0.483 e. The van der Waals surface area contributed by atoms with Crippen LogP contribution in [0.25, 0.3) is 22.4 Å². The van der Waals surface area contributed by atoms with E-state index in [0.29, 0.717) is 5.41 Å². The fraction of sp³-hybridized carbons (Fsp3) is 0.406. The van der Waals surface area contributed by atoms with Gasteiger partial charge >= 0.3 is 0 Å². The van der Waals surface area contributed by atoms with Crippen LogP contribution < -0.4 is 4.74 Å². The number of rotatable bonds is 0. The molecule has 0 saturated heterocycles. The van der Waals surface area contributed by atoms with Crippen molar-refractivity contribution in [2.45, 2.75) is 63.0 Å². The van der Waals surface area contributed by atoms with Gasteiger partial charge in [-0.1, -0.05) is 42.0 Å². The van der Waals surface area contributed by atoms with E-state index in [2.05, 4.69) is 66.1 Å². The fourth-order valence-corrected chi connectivity index (χ4v) is 9.82. The Kier molecular flexibility index (Phi) is 2.95. The van der Waals surface area contributed by atoms with E-state index in [1.54, 1.807) is 11.1 Å².